The third kappa shape index (κ3) is 4.07. The van der Waals surface area contributed by atoms with Gasteiger partial charge in [0.05, 0.1) is 7.11 Å². The van der Waals surface area contributed by atoms with Crippen LogP contribution in [0.25, 0.3) is 0 Å². The molecular weight excluding hydrogens is 504 g/mol. The van der Waals surface area contributed by atoms with Gasteiger partial charge in [-0.25, -0.2) is 48.3 Å². The average Bonchev–Trinajstić information content (AvgIpc) is 2.71. The lowest BCUT2D eigenvalue weighted by Gasteiger charge is -2.32. The third-order valence-electron chi connectivity index (χ3n) is 5.51. The Hall–Kier alpha value is -2.26. The van der Waals surface area contributed by atoms with E-state index in [1.165, 1.54) is 0 Å². The molecule has 3 rings (SSSR count). The highest BCUT2D eigenvalue weighted by Crippen LogP contribution is 2.45. The van der Waals surface area contributed by atoms with E-state index in [1.807, 2.05) is 0 Å². The third-order valence-corrected chi connectivity index (χ3v) is 8.87. The maximum atomic E-state index is 15.0. The molecule has 0 amide bonds. The molecule has 4 unspecified atom stereocenters. The number of methoxy groups -OCH3 is 1. The van der Waals surface area contributed by atoms with Gasteiger partial charge in [0.25, 0.3) is 0 Å². The molecule has 0 N–H and O–H groups in total. The number of benzene rings is 1. The molecule has 13 heteroatoms. The van der Waals surface area contributed by atoms with Crippen molar-refractivity contribution in [3.8, 4) is 5.75 Å². The zero-order valence-electron chi connectivity index (χ0n) is 17.5. The van der Waals surface area contributed by atoms with E-state index in [-0.39, 0.29) is 18.2 Å². The molecule has 1 aromatic carbocycles. The van der Waals surface area contributed by atoms with Crippen LogP contribution in [0, 0.1) is 17.5 Å². The van der Waals surface area contributed by atoms with Crippen LogP contribution in [-0.2, 0) is 0 Å². The summed E-state index contributed by atoms with van der Waals surface area (Å²) in [5.74, 6) is -15.6. The van der Waals surface area contributed by atoms with Crippen molar-refractivity contribution in [3.05, 3.63) is 67.8 Å². The van der Waals surface area contributed by atoms with Crippen molar-refractivity contribution in [1.82, 2.24) is 0 Å². The molecule has 1 aromatic rings. The van der Waals surface area contributed by atoms with Crippen LogP contribution in [0.4, 0.5) is 48.3 Å². The summed E-state index contributed by atoms with van der Waals surface area (Å²) in [5, 5.41) is 0. The van der Waals surface area contributed by atoms with E-state index >= 15 is 0 Å². The Balaban J connectivity index is 2.50. The molecule has 0 saturated heterocycles. The van der Waals surface area contributed by atoms with Crippen LogP contribution in [-0.4, -0.2) is 44.9 Å². The van der Waals surface area contributed by atoms with Gasteiger partial charge in [-0.1, -0.05) is 0 Å². The molecule has 1 nitrogen and oxygen atoms in total. The molecule has 2 aliphatic rings. The zero-order chi connectivity index (χ0) is 25.9. The van der Waals surface area contributed by atoms with Crippen LogP contribution >= 0.6 is 0 Å². The first kappa shape index (κ1) is 26.3. The highest BCUT2D eigenvalue weighted by atomic mass is 27.2. The second-order valence-electron chi connectivity index (χ2n) is 8.07. The van der Waals surface area contributed by atoms with Crippen molar-refractivity contribution < 1.29 is 53.0 Å². The molecule has 2 aliphatic carbocycles. The normalized spacial score (nSPS) is 29.8. The number of halogens is 11. The van der Waals surface area contributed by atoms with Crippen LogP contribution in [0.1, 0.15) is 13.8 Å². The summed E-state index contributed by atoms with van der Waals surface area (Å²) < 4.78 is 160. The number of hydrogen-bond donors (Lipinski definition) is 0. The fraction of sp³-hybridized carbons (Fsp3) is 0.333. The molecule has 0 radical (unpaired) electrons. The quantitative estimate of drug-likeness (QED) is 0.262. The lowest BCUT2D eigenvalue weighted by atomic mass is 9.95. The molecular formula is C21H14AlF11O. The van der Waals surface area contributed by atoms with Gasteiger partial charge in [0, 0.05) is 6.07 Å². The van der Waals surface area contributed by atoms with Crippen LogP contribution in [0.3, 0.4) is 0 Å². The lowest BCUT2D eigenvalue weighted by molar-refractivity contribution is 0.113. The minimum atomic E-state index is -5.00. The van der Waals surface area contributed by atoms with Crippen molar-refractivity contribution in [2.75, 3.05) is 7.11 Å². The molecule has 0 bridgehead atoms. The van der Waals surface area contributed by atoms with Gasteiger partial charge < -0.3 is 4.74 Å². The first-order chi connectivity index (χ1) is 15.6. The minimum Gasteiger partial charge on any atom is -0.495 e. The molecule has 0 spiro atoms. The topological polar surface area (TPSA) is 9.23 Å². The molecule has 0 fully saturated rings. The van der Waals surface area contributed by atoms with E-state index in [9.17, 15) is 48.3 Å². The smallest absolute Gasteiger partial charge is 0.412 e. The molecule has 184 valence electrons. The van der Waals surface area contributed by atoms with E-state index in [1.54, 1.807) is 0 Å². The maximum Gasteiger partial charge on any atom is 0.412 e. The van der Waals surface area contributed by atoms with E-state index in [4.69, 9.17) is 0 Å². The highest BCUT2D eigenvalue weighted by molar-refractivity contribution is 6.88. The Kier molecular flexibility index (Phi) is 6.78. The molecule has 0 saturated carbocycles. The summed E-state index contributed by atoms with van der Waals surface area (Å²) in [6.07, 6.45) is -6.80. The number of alkyl halides is 4. The maximum absolute atomic E-state index is 15.0. The Morgan fingerprint density at radius 2 is 1.18 bits per heavy atom. The van der Waals surface area contributed by atoms with E-state index in [0.717, 1.165) is 0 Å². The van der Waals surface area contributed by atoms with Gasteiger partial charge in [-0.2, -0.15) is 0 Å². The summed E-state index contributed by atoms with van der Waals surface area (Å²) in [6, 6.07) is -0.0497. The summed E-state index contributed by atoms with van der Waals surface area (Å²) >= 11 is -5.00. The second-order valence-corrected chi connectivity index (χ2v) is 10.7. The summed E-state index contributed by atoms with van der Waals surface area (Å²) in [6.45, 7) is 0.834. The van der Waals surface area contributed by atoms with Gasteiger partial charge in [-0.05, 0) is 39.3 Å². The van der Waals surface area contributed by atoms with Crippen LogP contribution in [0.2, 0.25) is 0 Å². The van der Waals surface area contributed by atoms with Crippen LogP contribution < -0.4 is 9.16 Å². The van der Waals surface area contributed by atoms with Gasteiger partial charge in [-0.15, -0.1) is 0 Å². The summed E-state index contributed by atoms with van der Waals surface area (Å²) in [4.78, 5) is 0. The molecule has 4 atom stereocenters. The largest absolute Gasteiger partial charge is 0.495 e. The molecule has 34 heavy (non-hydrogen) atoms. The fourth-order valence-corrected chi connectivity index (χ4v) is 7.18. The summed E-state index contributed by atoms with van der Waals surface area (Å²) in [7, 11) is 0.688. The average molecular weight is 518 g/mol. The lowest BCUT2D eigenvalue weighted by Crippen LogP contribution is -2.47. The van der Waals surface area contributed by atoms with Gasteiger partial charge in [-0.3, -0.25) is 0 Å². The van der Waals surface area contributed by atoms with Crippen molar-refractivity contribution in [3.63, 3.8) is 0 Å². The van der Waals surface area contributed by atoms with E-state index in [2.05, 4.69) is 4.74 Å². The van der Waals surface area contributed by atoms with Crippen molar-refractivity contribution >= 4 is 18.6 Å². The molecule has 0 heterocycles. The Morgan fingerprint density at radius 1 is 0.765 bits per heavy atom. The van der Waals surface area contributed by atoms with Crippen molar-refractivity contribution in [2.45, 2.75) is 37.5 Å². The number of hydrogen-bond acceptors (Lipinski definition) is 1. The van der Waals surface area contributed by atoms with E-state index < -0.39 is 97.6 Å². The first-order valence-electron chi connectivity index (χ1n) is 9.50. The van der Waals surface area contributed by atoms with Gasteiger partial charge in [0.15, 0.2) is 41.1 Å². The fourth-order valence-electron chi connectivity index (χ4n) is 3.84. The van der Waals surface area contributed by atoms with Crippen molar-refractivity contribution in [1.29, 1.82) is 0 Å². The standard InChI is InChI=1S/2C7H5F4.C7H4F3O.Al/c2*1-7(11)3-4(8)2-5(9)6(7)10;1-11-7-3-5(9)4(8)2-6(7)10;/h2*3,6H,1H3;2H,1H3;. The van der Waals surface area contributed by atoms with Crippen LogP contribution in [0.15, 0.2) is 50.4 Å². The monoisotopic (exact) mass is 518 g/mol. The first-order valence-corrected chi connectivity index (χ1v) is 11.2. The second kappa shape index (κ2) is 8.75. The summed E-state index contributed by atoms with van der Waals surface area (Å²) in [5.41, 5.74) is -6.61. The van der Waals surface area contributed by atoms with E-state index in [0.29, 0.717) is 21.0 Å². The Labute approximate surface area is 190 Å². The van der Waals surface area contributed by atoms with Gasteiger partial charge in [0.1, 0.15) is 29.1 Å². The predicted molar refractivity (Wildman–Crippen MR) is 102 cm³/mol. The van der Waals surface area contributed by atoms with Gasteiger partial charge >= 0.3 is 14.1 Å². The van der Waals surface area contributed by atoms with Crippen LogP contribution in [0.5, 0.6) is 5.75 Å². The Morgan fingerprint density at radius 3 is 1.56 bits per heavy atom. The Bertz CT molecular complexity index is 1110. The number of allylic oxidation sites excluding steroid dienone is 8. The number of rotatable bonds is 4. The minimum absolute atomic E-state index is 0.0497. The SMILES string of the molecule is COc1c(F)cc(F)c(F)[c]1[Al]([C]1=C(F)C(F)C(C)(F)C=C1F)[C]1=C(F)C(F)C(C)(F)C=C1F. The molecule has 0 aromatic heterocycles. The molecule has 0 aliphatic heterocycles. The van der Waals surface area contributed by atoms with Crippen molar-refractivity contribution in [2.24, 2.45) is 0 Å². The van der Waals surface area contributed by atoms with Gasteiger partial charge in [0.2, 0.25) is 0 Å². The number of ether oxygens (including phenoxy) is 1. The zero-order valence-corrected chi connectivity index (χ0v) is 18.7. The highest BCUT2D eigenvalue weighted by Gasteiger charge is 2.53. The predicted octanol–water partition coefficient (Wildman–Crippen LogP) is 6.21.